The summed E-state index contributed by atoms with van der Waals surface area (Å²) in [6.07, 6.45) is 1.53. The van der Waals surface area contributed by atoms with Crippen molar-refractivity contribution >= 4 is 11.4 Å². The van der Waals surface area contributed by atoms with Gasteiger partial charge < -0.3 is 11.1 Å². The van der Waals surface area contributed by atoms with Gasteiger partial charge in [0, 0.05) is 17.9 Å². The van der Waals surface area contributed by atoms with Crippen LogP contribution >= 0.6 is 0 Å². The monoisotopic (exact) mass is 217 g/mol. The second kappa shape index (κ2) is 6.02. The summed E-state index contributed by atoms with van der Waals surface area (Å²) < 4.78 is 0. The third kappa shape index (κ3) is 3.47. The zero-order chi connectivity index (χ0) is 12.0. The predicted molar refractivity (Wildman–Crippen MR) is 68.1 cm³/mol. The molecule has 0 amide bonds. The topological polar surface area (TPSA) is 61.8 Å². The van der Waals surface area contributed by atoms with Crippen LogP contribution < -0.4 is 11.1 Å². The molecule has 1 atom stereocenters. The Morgan fingerprint density at radius 1 is 1.50 bits per heavy atom. The van der Waals surface area contributed by atoms with Crippen LogP contribution in [-0.2, 0) is 6.42 Å². The first kappa shape index (κ1) is 12.4. The molecule has 0 saturated heterocycles. The van der Waals surface area contributed by atoms with Gasteiger partial charge in [-0.1, -0.05) is 20.3 Å². The molecule has 0 aliphatic heterocycles. The van der Waals surface area contributed by atoms with Crippen LogP contribution in [0.15, 0.2) is 18.2 Å². The molecule has 0 aliphatic rings. The maximum atomic E-state index is 8.67. The number of nitrogens with zero attached hydrogens (tertiary/aromatic N) is 1. The summed E-state index contributed by atoms with van der Waals surface area (Å²) in [5.41, 5.74) is 8.41. The quantitative estimate of drug-likeness (QED) is 0.745. The Morgan fingerprint density at radius 3 is 2.88 bits per heavy atom. The molecule has 1 unspecified atom stereocenters. The lowest BCUT2D eigenvalue weighted by Crippen LogP contribution is -2.10. The van der Waals surface area contributed by atoms with E-state index in [-0.39, 0.29) is 0 Å². The lowest BCUT2D eigenvalue weighted by Gasteiger charge is -2.12. The van der Waals surface area contributed by atoms with Gasteiger partial charge in [0.05, 0.1) is 12.5 Å². The summed E-state index contributed by atoms with van der Waals surface area (Å²) >= 11 is 0. The smallest absolute Gasteiger partial charge is 0.0670 e. The normalized spacial score (nSPS) is 11.8. The zero-order valence-corrected chi connectivity index (χ0v) is 9.96. The Kier molecular flexibility index (Phi) is 4.65. The highest BCUT2D eigenvalue weighted by Gasteiger charge is 2.02. The summed E-state index contributed by atoms with van der Waals surface area (Å²) in [5, 5.41) is 12.0. The highest BCUT2D eigenvalue weighted by atomic mass is 14.9. The lowest BCUT2D eigenvalue weighted by molar-refractivity contribution is 0.593. The predicted octanol–water partition coefficient (Wildman–Crippen LogP) is 2.79. The number of hydrogen-bond acceptors (Lipinski definition) is 3. The second-order valence-corrected chi connectivity index (χ2v) is 4.14. The highest BCUT2D eigenvalue weighted by Crippen LogP contribution is 2.18. The van der Waals surface area contributed by atoms with E-state index >= 15 is 0 Å². The fourth-order valence-electron chi connectivity index (χ4n) is 1.39. The lowest BCUT2D eigenvalue weighted by atomic mass is 10.1. The number of hydrogen-bond donors (Lipinski definition) is 2. The minimum atomic E-state index is 0.366. The Morgan fingerprint density at radius 2 is 2.25 bits per heavy atom. The van der Waals surface area contributed by atoms with Gasteiger partial charge in [-0.15, -0.1) is 0 Å². The van der Waals surface area contributed by atoms with Crippen LogP contribution in [-0.4, -0.2) is 6.54 Å². The molecular formula is C13H19N3. The van der Waals surface area contributed by atoms with Gasteiger partial charge in [-0.05, 0) is 29.7 Å². The van der Waals surface area contributed by atoms with Gasteiger partial charge in [0.1, 0.15) is 0 Å². The maximum absolute atomic E-state index is 8.67. The van der Waals surface area contributed by atoms with Crippen molar-refractivity contribution in [2.75, 3.05) is 17.6 Å². The van der Waals surface area contributed by atoms with E-state index < -0.39 is 0 Å². The molecule has 0 spiro atoms. The molecule has 0 heterocycles. The van der Waals surface area contributed by atoms with Crippen LogP contribution in [0.3, 0.4) is 0 Å². The number of nitrogens with one attached hydrogen (secondary N) is 1. The van der Waals surface area contributed by atoms with Gasteiger partial charge in [0.2, 0.25) is 0 Å². The first-order chi connectivity index (χ1) is 7.67. The van der Waals surface area contributed by atoms with Crippen LogP contribution in [0.25, 0.3) is 0 Å². The summed E-state index contributed by atoms with van der Waals surface area (Å²) in [6.45, 7) is 5.34. The molecule has 86 valence electrons. The number of benzene rings is 1. The van der Waals surface area contributed by atoms with Crippen LogP contribution in [0.2, 0.25) is 0 Å². The second-order valence-electron chi connectivity index (χ2n) is 4.14. The van der Waals surface area contributed by atoms with Gasteiger partial charge in [-0.2, -0.15) is 5.26 Å². The summed E-state index contributed by atoms with van der Waals surface area (Å²) in [6, 6.07) is 7.89. The minimum Gasteiger partial charge on any atom is -0.398 e. The first-order valence-electron chi connectivity index (χ1n) is 5.66. The maximum Gasteiger partial charge on any atom is 0.0670 e. The number of nitrogen functional groups attached to an aromatic ring is 1. The van der Waals surface area contributed by atoms with Crippen molar-refractivity contribution in [1.82, 2.24) is 0 Å². The van der Waals surface area contributed by atoms with Crippen LogP contribution in [0, 0.1) is 17.2 Å². The Labute approximate surface area is 97.3 Å². The van der Waals surface area contributed by atoms with E-state index in [1.165, 1.54) is 0 Å². The number of rotatable bonds is 5. The highest BCUT2D eigenvalue weighted by molar-refractivity contribution is 5.58. The van der Waals surface area contributed by atoms with Crippen molar-refractivity contribution in [2.45, 2.75) is 26.7 Å². The molecule has 3 N–H and O–H groups in total. The molecule has 16 heavy (non-hydrogen) atoms. The van der Waals surface area contributed by atoms with E-state index in [2.05, 4.69) is 25.2 Å². The molecule has 0 radical (unpaired) electrons. The summed E-state index contributed by atoms with van der Waals surface area (Å²) in [7, 11) is 0. The molecule has 3 heteroatoms. The van der Waals surface area contributed by atoms with E-state index in [1.807, 2.05) is 18.2 Å². The van der Waals surface area contributed by atoms with Gasteiger partial charge in [-0.3, -0.25) is 0 Å². The summed E-state index contributed by atoms with van der Waals surface area (Å²) in [4.78, 5) is 0. The number of nitrogens with two attached hydrogens (primary N) is 1. The number of anilines is 2. The average Bonchev–Trinajstić information content (AvgIpc) is 2.30. The van der Waals surface area contributed by atoms with E-state index in [0.29, 0.717) is 18.0 Å². The molecule has 3 nitrogen and oxygen atoms in total. The first-order valence-corrected chi connectivity index (χ1v) is 5.66. The van der Waals surface area contributed by atoms with Crippen molar-refractivity contribution < 1.29 is 0 Å². The van der Waals surface area contributed by atoms with Gasteiger partial charge in [0.25, 0.3) is 0 Å². The Bertz CT molecular complexity index is 379. The van der Waals surface area contributed by atoms with Crippen molar-refractivity contribution in [2.24, 2.45) is 5.92 Å². The molecule has 1 rings (SSSR count). The van der Waals surface area contributed by atoms with Gasteiger partial charge in [-0.25, -0.2) is 0 Å². The third-order valence-electron chi connectivity index (χ3n) is 2.76. The SMILES string of the molecule is CCC(C)CNc1ccc(N)c(CC#N)c1. The van der Waals surface area contributed by atoms with Crippen molar-refractivity contribution in [3.63, 3.8) is 0 Å². The molecular weight excluding hydrogens is 198 g/mol. The molecule has 1 aromatic carbocycles. The fraction of sp³-hybridized carbons (Fsp3) is 0.462. The Hall–Kier alpha value is -1.69. The minimum absolute atomic E-state index is 0.366. The standard InChI is InChI=1S/C13H19N3/c1-3-10(2)9-16-12-4-5-13(15)11(8-12)6-7-14/h4-5,8,10,16H,3,6,9,15H2,1-2H3. The molecule has 0 fully saturated rings. The largest absolute Gasteiger partial charge is 0.398 e. The Balaban J connectivity index is 2.68. The van der Waals surface area contributed by atoms with E-state index in [0.717, 1.165) is 24.2 Å². The third-order valence-corrected chi connectivity index (χ3v) is 2.76. The van der Waals surface area contributed by atoms with Crippen LogP contribution in [0.1, 0.15) is 25.8 Å². The van der Waals surface area contributed by atoms with E-state index in [9.17, 15) is 0 Å². The zero-order valence-electron chi connectivity index (χ0n) is 9.96. The van der Waals surface area contributed by atoms with Gasteiger partial charge >= 0.3 is 0 Å². The molecule has 0 bridgehead atoms. The van der Waals surface area contributed by atoms with Crippen molar-refractivity contribution in [3.8, 4) is 6.07 Å². The number of nitriles is 1. The molecule has 0 saturated carbocycles. The molecule has 0 aliphatic carbocycles. The van der Waals surface area contributed by atoms with E-state index in [1.54, 1.807) is 0 Å². The van der Waals surface area contributed by atoms with Crippen LogP contribution in [0.4, 0.5) is 11.4 Å². The van der Waals surface area contributed by atoms with Crippen molar-refractivity contribution in [3.05, 3.63) is 23.8 Å². The fourth-order valence-corrected chi connectivity index (χ4v) is 1.39. The molecule has 1 aromatic rings. The van der Waals surface area contributed by atoms with Crippen molar-refractivity contribution in [1.29, 1.82) is 5.26 Å². The van der Waals surface area contributed by atoms with Crippen LogP contribution in [0.5, 0.6) is 0 Å². The average molecular weight is 217 g/mol. The summed E-state index contributed by atoms with van der Waals surface area (Å²) in [5.74, 6) is 0.650. The van der Waals surface area contributed by atoms with E-state index in [4.69, 9.17) is 11.0 Å². The van der Waals surface area contributed by atoms with Gasteiger partial charge in [0.15, 0.2) is 0 Å². The molecule has 0 aromatic heterocycles.